The van der Waals surface area contributed by atoms with Gasteiger partial charge in [0.05, 0.1) is 5.57 Å². The molecular formula is C13H20N2O4. The van der Waals surface area contributed by atoms with Crippen LogP contribution in [-0.2, 0) is 14.4 Å². The Balaban J connectivity index is 2.82. The maximum Gasteiger partial charge on any atom is 0.322 e. The van der Waals surface area contributed by atoms with Gasteiger partial charge in [-0.1, -0.05) is 13.8 Å². The fourth-order valence-corrected chi connectivity index (χ4v) is 2.12. The Morgan fingerprint density at radius 1 is 1.37 bits per heavy atom. The topological polar surface area (TPSA) is 109 Å². The smallest absolute Gasteiger partial charge is 0.322 e. The van der Waals surface area contributed by atoms with Crippen molar-refractivity contribution in [3.8, 4) is 0 Å². The van der Waals surface area contributed by atoms with E-state index in [1.54, 1.807) is 6.92 Å². The van der Waals surface area contributed by atoms with E-state index in [4.69, 9.17) is 10.8 Å². The molecule has 0 aliphatic heterocycles. The van der Waals surface area contributed by atoms with Gasteiger partial charge in [-0.15, -0.1) is 0 Å². The molecule has 1 saturated carbocycles. The minimum atomic E-state index is -1.13. The minimum Gasteiger partial charge on any atom is -0.480 e. The van der Waals surface area contributed by atoms with E-state index in [0.717, 1.165) is 0 Å². The summed E-state index contributed by atoms with van der Waals surface area (Å²) in [4.78, 5) is 34.5. The zero-order valence-corrected chi connectivity index (χ0v) is 11.4. The number of ketones is 2. The quantitative estimate of drug-likeness (QED) is 0.497. The second kappa shape index (κ2) is 5.52. The highest BCUT2D eigenvalue weighted by Gasteiger charge is 2.36. The van der Waals surface area contributed by atoms with E-state index >= 15 is 0 Å². The number of rotatable bonds is 4. The highest BCUT2D eigenvalue weighted by Crippen LogP contribution is 2.34. The Hall–Kier alpha value is -1.69. The van der Waals surface area contributed by atoms with Crippen molar-refractivity contribution in [1.29, 1.82) is 0 Å². The maximum atomic E-state index is 12.0. The van der Waals surface area contributed by atoms with Gasteiger partial charge < -0.3 is 16.2 Å². The van der Waals surface area contributed by atoms with E-state index < -0.39 is 12.0 Å². The number of carboxylic acid groups (broad SMARTS) is 1. The first kappa shape index (κ1) is 15.4. The number of hydrogen-bond acceptors (Lipinski definition) is 5. The number of carbonyl (C=O) groups excluding carboxylic acids is 2. The first-order chi connectivity index (χ1) is 8.64. The fourth-order valence-electron chi connectivity index (χ4n) is 2.12. The molecule has 0 aromatic carbocycles. The lowest BCUT2D eigenvalue weighted by Gasteiger charge is -2.29. The molecule has 0 heterocycles. The van der Waals surface area contributed by atoms with Crippen molar-refractivity contribution in [2.45, 2.75) is 39.7 Å². The Morgan fingerprint density at radius 3 is 2.26 bits per heavy atom. The van der Waals surface area contributed by atoms with Crippen LogP contribution in [0.4, 0.5) is 0 Å². The van der Waals surface area contributed by atoms with Gasteiger partial charge in [-0.05, 0) is 12.3 Å². The molecule has 0 amide bonds. The van der Waals surface area contributed by atoms with Gasteiger partial charge in [-0.2, -0.15) is 0 Å². The van der Waals surface area contributed by atoms with Gasteiger partial charge in [-0.25, -0.2) is 0 Å². The van der Waals surface area contributed by atoms with Crippen molar-refractivity contribution < 1.29 is 19.5 Å². The predicted octanol–water partition coefficient (Wildman–Crippen LogP) is 0.220. The van der Waals surface area contributed by atoms with E-state index in [1.807, 2.05) is 13.8 Å². The Morgan fingerprint density at radius 2 is 1.84 bits per heavy atom. The lowest BCUT2D eigenvalue weighted by Crippen LogP contribution is -2.41. The van der Waals surface area contributed by atoms with E-state index in [0.29, 0.717) is 18.5 Å². The van der Waals surface area contributed by atoms with Gasteiger partial charge >= 0.3 is 5.97 Å². The molecule has 0 aromatic rings. The molecule has 6 heteroatoms. The SMILES string of the molecule is CC(NCC(N)C(=O)O)=C1C(=O)CC(C)(C)CC1=O. The molecule has 0 bridgehead atoms. The van der Waals surface area contributed by atoms with Gasteiger partial charge in [-0.3, -0.25) is 14.4 Å². The van der Waals surface area contributed by atoms with Crippen LogP contribution in [0.1, 0.15) is 33.6 Å². The third-order valence-corrected chi connectivity index (χ3v) is 3.12. The molecule has 1 atom stereocenters. The molecule has 1 fully saturated rings. The summed E-state index contributed by atoms with van der Waals surface area (Å²) in [6.07, 6.45) is 0.635. The summed E-state index contributed by atoms with van der Waals surface area (Å²) in [5.74, 6) is -1.53. The van der Waals surface area contributed by atoms with Crippen LogP contribution < -0.4 is 11.1 Å². The predicted molar refractivity (Wildman–Crippen MR) is 69.3 cm³/mol. The van der Waals surface area contributed by atoms with Gasteiger partial charge in [0, 0.05) is 25.1 Å². The number of carbonyl (C=O) groups is 3. The summed E-state index contributed by atoms with van der Waals surface area (Å²) >= 11 is 0. The average Bonchev–Trinajstić information content (AvgIpc) is 2.22. The molecule has 0 saturated heterocycles. The summed E-state index contributed by atoms with van der Waals surface area (Å²) in [7, 11) is 0. The molecule has 0 aromatic heterocycles. The number of Topliss-reactive ketones (excluding diaryl/α,β-unsaturated/α-hetero) is 2. The van der Waals surface area contributed by atoms with Crippen molar-refractivity contribution in [3.05, 3.63) is 11.3 Å². The van der Waals surface area contributed by atoms with E-state index in [-0.39, 0.29) is 29.1 Å². The number of allylic oxidation sites excluding steroid dienone is 2. The molecule has 106 valence electrons. The van der Waals surface area contributed by atoms with Crippen molar-refractivity contribution >= 4 is 17.5 Å². The average molecular weight is 268 g/mol. The lowest BCUT2D eigenvalue weighted by molar-refractivity contribution is -0.138. The van der Waals surface area contributed by atoms with Gasteiger partial charge in [0.15, 0.2) is 11.6 Å². The molecule has 0 radical (unpaired) electrons. The minimum absolute atomic E-state index is 0.0192. The highest BCUT2D eigenvalue weighted by molar-refractivity contribution is 6.22. The summed E-state index contributed by atoms with van der Waals surface area (Å²) in [6.45, 7) is 5.33. The normalized spacial score (nSPS) is 20.1. The monoisotopic (exact) mass is 268 g/mol. The van der Waals surface area contributed by atoms with Crippen molar-refractivity contribution in [2.75, 3.05) is 6.54 Å². The molecule has 1 unspecified atom stereocenters. The number of nitrogens with two attached hydrogens (primary N) is 1. The molecule has 1 rings (SSSR count). The van der Waals surface area contributed by atoms with Crippen LogP contribution in [0.2, 0.25) is 0 Å². The van der Waals surface area contributed by atoms with Crippen LogP contribution in [0.5, 0.6) is 0 Å². The third kappa shape index (κ3) is 3.89. The maximum absolute atomic E-state index is 12.0. The Kier molecular flexibility index (Phi) is 4.47. The van der Waals surface area contributed by atoms with Crippen molar-refractivity contribution in [1.82, 2.24) is 5.32 Å². The molecule has 6 nitrogen and oxygen atoms in total. The standard InChI is InChI=1S/C13H20N2O4/c1-7(15-6-8(14)12(18)19)11-9(16)4-13(2,3)5-10(11)17/h8,15H,4-6,14H2,1-3H3,(H,18,19). The van der Waals surface area contributed by atoms with Crippen molar-refractivity contribution in [2.24, 2.45) is 11.1 Å². The van der Waals surface area contributed by atoms with Crippen LogP contribution in [0.25, 0.3) is 0 Å². The third-order valence-electron chi connectivity index (χ3n) is 3.12. The molecule has 4 N–H and O–H groups in total. The largest absolute Gasteiger partial charge is 0.480 e. The first-order valence-corrected chi connectivity index (χ1v) is 6.13. The van der Waals surface area contributed by atoms with E-state index in [1.165, 1.54) is 0 Å². The second-order valence-electron chi connectivity index (χ2n) is 5.69. The summed E-state index contributed by atoms with van der Waals surface area (Å²) < 4.78 is 0. The second-order valence-corrected chi connectivity index (χ2v) is 5.69. The lowest BCUT2D eigenvalue weighted by atomic mass is 9.73. The number of carboxylic acids is 1. The van der Waals surface area contributed by atoms with Gasteiger partial charge in [0.25, 0.3) is 0 Å². The van der Waals surface area contributed by atoms with Crippen molar-refractivity contribution in [3.63, 3.8) is 0 Å². The van der Waals surface area contributed by atoms with Crippen LogP contribution >= 0.6 is 0 Å². The molecule has 1 aliphatic rings. The Bertz CT molecular complexity index is 430. The van der Waals surface area contributed by atoms with Crippen LogP contribution in [0.15, 0.2) is 11.3 Å². The summed E-state index contributed by atoms with van der Waals surface area (Å²) in [6, 6.07) is -1.07. The zero-order chi connectivity index (χ0) is 14.8. The molecule has 0 spiro atoms. The highest BCUT2D eigenvalue weighted by atomic mass is 16.4. The number of nitrogens with one attached hydrogen (secondary N) is 1. The fraction of sp³-hybridized carbons (Fsp3) is 0.615. The number of aliphatic carboxylic acids is 1. The Labute approximate surface area is 112 Å². The van der Waals surface area contributed by atoms with Gasteiger partial charge in [0.1, 0.15) is 6.04 Å². The molecule has 19 heavy (non-hydrogen) atoms. The first-order valence-electron chi connectivity index (χ1n) is 6.13. The van der Waals surface area contributed by atoms with Crippen LogP contribution in [-0.4, -0.2) is 35.2 Å². The molecular weight excluding hydrogens is 248 g/mol. The van der Waals surface area contributed by atoms with E-state index in [2.05, 4.69) is 5.32 Å². The van der Waals surface area contributed by atoms with Crippen LogP contribution in [0.3, 0.4) is 0 Å². The number of hydrogen-bond donors (Lipinski definition) is 3. The molecule has 1 aliphatic carbocycles. The zero-order valence-electron chi connectivity index (χ0n) is 11.4. The van der Waals surface area contributed by atoms with E-state index in [9.17, 15) is 14.4 Å². The summed E-state index contributed by atoms with van der Waals surface area (Å²) in [5.41, 5.74) is 5.60. The van der Waals surface area contributed by atoms with Gasteiger partial charge in [0.2, 0.25) is 0 Å². The summed E-state index contributed by atoms with van der Waals surface area (Å²) in [5, 5.41) is 11.4. The van der Waals surface area contributed by atoms with Crippen LogP contribution in [0, 0.1) is 5.41 Å².